The van der Waals surface area contributed by atoms with Crippen molar-refractivity contribution in [1.29, 1.82) is 0 Å². The van der Waals surface area contributed by atoms with Crippen LogP contribution in [0.25, 0.3) is 16.2 Å². The molecule has 1 aliphatic heterocycles. The van der Waals surface area contributed by atoms with E-state index in [0.29, 0.717) is 18.0 Å². The first kappa shape index (κ1) is 19.4. The quantitative estimate of drug-likeness (QED) is 0.610. The molecule has 1 atom stereocenters. The Morgan fingerprint density at radius 3 is 2.81 bits per heavy atom. The minimum Gasteiger partial charge on any atom is -0.452 e. The highest BCUT2D eigenvalue weighted by Gasteiger charge is 2.30. The van der Waals surface area contributed by atoms with Gasteiger partial charge in [0.05, 0.1) is 5.02 Å². The van der Waals surface area contributed by atoms with Gasteiger partial charge in [-0.2, -0.15) is 0 Å². The van der Waals surface area contributed by atoms with Gasteiger partial charge in [-0.3, -0.25) is 9.59 Å². The van der Waals surface area contributed by atoms with Gasteiger partial charge in [-0.15, -0.1) is 11.3 Å². The van der Waals surface area contributed by atoms with Crippen molar-refractivity contribution in [2.24, 2.45) is 5.73 Å². The lowest BCUT2D eigenvalue weighted by Crippen LogP contribution is -2.51. The zero-order valence-electron chi connectivity index (χ0n) is 14.5. The van der Waals surface area contributed by atoms with Crippen LogP contribution in [0.4, 0.5) is 0 Å². The lowest BCUT2D eigenvalue weighted by atomic mass is 10.0. The second-order valence-electron chi connectivity index (χ2n) is 6.22. The van der Waals surface area contributed by atoms with Crippen molar-refractivity contribution < 1.29 is 19.1 Å². The van der Waals surface area contributed by atoms with Crippen molar-refractivity contribution in [1.82, 2.24) is 4.90 Å². The lowest BCUT2D eigenvalue weighted by molar-refractivity contribution is -0.151. The van der Waals surface area contributed by atoms with Gasteiger partial charge in [-0.05, 0) is 31.4 Å². The maximum absolute atomic E-state index is 12.3. The van der Waals surface area contributed by atoms with Gasteiger partial charge in [0.25, 0.3) is 5.91 Å². The number of thiophene rings is 1. The fraction of sp³-hybridized carbons (Fsp3) is 0.316. The molecule has 0 spiro atoms. The van der Waals surface area contributed by atoms with Gasteiger partial charge in [-0.25, -0.2) is 4.79 Å². The number of fused-ring (bicyclic) bond motifs is 1. The Labute approximate surface area is 165 Å². The van der Waals surface area contributed by atoms with Crippen LogP contribution < -0.4 is 5.73 Å². The van der Waals surface area contributed by atoms with Crippen LogP contribution in [0.15, 0.2) is 30.3 Å². The molecule has 1 aliphatic rings. The lowest BCUT2D eigenvalue weighted by Gasteiger charge is -2.33. The molecule has 0 aliphatic carbocycles. The number of nitrogens with zero attached hydrogens (tertiary/aromatic N) is 1. The Hall–Kier alpha value is -2.38. The second kappa shape index (κ2) is 8.54. The molecule has 0 bridgehead atoms. The Bertz CT molecular complexity index is 908. The Balaban J connectivity index is 1.58. The van der Waals surface area contributed by atoms with Crippen LogP contribution in [0.2, 0.25) is 5.02 Å². The number of rotatable bonds is 5. The van der Waals surface area contributed by atoms with E-state index in [0.717, 1.165) is 27.8 Å². The average molecular weight is 407 g/mol. The summed E-state index contributed by atoms with van der Waals surface area (Å²) >= 11 is 7.78. The van der Waals surface area contributed by atoms with Crippen molar-refractivity contribution in [3.63, 3.8) is 0 Å². The number of halogens is 1. The number of likely N-dealkylation sites (tertiary alicyclic amines) is 1. The maximum atomic E-state index is 12.3. The largest absolute Gasteiger partial charge is 0.452 e. The molecule has 0 radical (unpaired) electrons. The maximum Gasteiger partial charge on any atom is 0.331 e. The van der Waals surface area contributed by atoms with E-state index in [4.69, 9.17) is 22.1 Å². The molecule has 3 rings (SSSR count). The van der Waals surface area contributed by atoms with Crippen LogP contribution in [-0.4, -0.2) is 41.9 Å². The van der Waals surface area contributed by atoms with Crippen LogP contribution in [0.1, 0.15) is 24.1 Å². The molecule has 1 fully saturated rings. The third kappa shape index (κ3) is 4.48. The molecule has 27 heavy (non-hydrogen) atoms. The predicted molar refractivity (Wildman–Crippen MR) is 105 cm³/mol. The van der Waals surface area contributed by atoms with Gasteiger partial charge < -0.3 is 15.4 Å². The zero-order valence-corrected chi connectivity index (χ0v) is 16.1. The first-order valence-electron chi connectivity index (χ1n) is 8.58. The van der Waals surface area contributed by atoms with Gasteiger partial charge in [0.2, 0.25) is 5.91 Å². The summed E-state index contributed by atoms with van der Waals surface area (Å²) in [5, 5.41) is 1.50. The van der Waals surface area contributed by atoms with Crippen LogP contribution >= 0.6 is 22.9 Å². The van der Waals surface area contributed by atoms with Gasteiger partial charge in [0.15, 0.2) is 6.61 Å². The minimum absolute atomic E-state index is 0.417. The van der Waals surface area contributed by atoms with Gasteiger partial charge in [-0.1, -0.05) is 29.8 Å². The number of carbonyl (C=O) groups excluding carboxylic acids is 3. The third-order valence-electron chi connectivity index (χ3n) is 4.42. The third-order valence-corrected chi connectivity index (χ3v) is 6.08. The van der Waals surface area contributed by atoms with E-state index >= 15 is 0 Å². The zero-order chi connectivity index (χ0) is 19.4. The van der Waals surface area contributed by atoms with Crippen molar-refractivity contribution in [3.05, 3.63) is 40.2 Å². The smallest absolute Gasteiger partial charge is 0.331 e. The molecule has 2 N–H and O–H groups in total. The van der Waals surface area contributed by atoms with Crippen molar-refractivity contribution in [2.45, 2.75) is 25.3 Å². The molecule has 1 aromatic carbocycles. The van der Waals surface area contributed by atoms with Crippen molar-refractivity contribution >= 4 is 56.9 Å². The average Bonchev–Trinajstić information content (AvgIpc) is 3.00. The van der Waals surface area contributed by atoms with E-state index in [-0.39, 0.29) is 0 Å². The number of hydrogen-bond acceptors (Lipinski definition) is 5. The van der Waals surface area contributed by atoms with E-state index in [1.165, 1.54) is 22.3 Å². The number of piperidine rings is 1. The molecule has 1 aromatic heterocycles. The molecular formula is C19H19ClN2O4S. The summed E-state index contributed by atoms with van der Waals surface area (Å²) < 4.78 is 6.03. The van der Waals surface area contributed by atoms with E-state index in [1.54, 1.807) is 6.08 Å². The summed E-state index contributed by atoms with van der Waals surface area (Å²) in [5.41, 5.74) is 5.35. The highest BCUT2D eigenvalue weighted by Crippen LogP contribution is 2.35. The Morgan fingerprint density at radius 1 is 1.30 bits per heavy atom. The van der Waals surface area contributed by atoms with E-state index < -0.39 is 30.4 Å². The normalized spacial score (nSPS) is 17.4. The fourth-order valence-corrected chi connectivity index (χ4v) is 4.47. The Kier molecular flexibility index (Phi) is 6.13. The van der Waals surface area contributed by atoms with E-state index in [9.17, 15) is 14.4 Å². The Morgan fingerprint density at radius 2 is 2.07 bits per heavy atom. The summed E-state index contributed by atoms with van der Waals surface area (Å²) in [5.74, 6) is -1.60. The first-order chi connectivity index (χ1) is 13.0. The van der Waals surface area contributed by atoms with Gasteiger partial charge in [0, 0.05) is 27.6 Å². The van der Waals surface area contributed by atoms with Crippen LogP contribution in [0.3, 0.4) is 0 Å². The highest BCUT2D eigenvalue weighted by atomic mass is 35.5. The molecular weight excluding hydrogens is 388 g/mol. The fourth-order valence-electron chi connectivity index (χ4n) is 3.07. The molecule has 8 heteroatoms. The highest BCUT2D eigenvalue weighted by molar-refractivity contribution is 7.20. The molecule has 142 valence electrons. The number of amides is 2. The topological polar surface area (TPSA) is 89.7 Å². The number of ether oxygens (including phenoxy) is 1. The summed E-state index contributed by atoms with van der Waals surface area (Å²) in [6, 6.07) is 7.05. The van der Waals surface area contributed by atoms with Crippen molar-refractivity contribution in [2.75, 3.05) is 13.2 Å². The standard InChI is InChI=1S/C19H19ClN2O4S/c20-18-12-5-1-2-7-14(12)27-15(18)8-9-17(24)26-11-16(23)22-10-4-3-6-13(22)19(21)25/h1-2,5,7-9,13H,3-4,6,10-11H2,(H2,21,25)/b9-8+/t13-/m1/s1. The summed E-state index contributed by atoms with van der Waals surface area (Å²) in [4.78, 5) is 37.8. The van der Waals surface area contributed by atoms with Crippen LogP contribution in [-0.2, 0) is 19.1 Å². The van der Waals surface area contributed by atoms with Gasteiger partial charge in [0.1, 0.15) is 6.04 Å². The summed E-state index contributed by atoms with van der Waals surface area (Å²) in [6.07, 6.45) is 5.00. The van der Waals surface area contributed by atoms with Crippen LogP contribution in [0.5, 0.6) is 0 Å². The molecule has 6 nitrogen and oxygen atoms in total. The molecule has 1 saturated heterocycles. The molecule has 0 unspecified atom stereocenters. The summed E-state index contributed by atoms with van der Waals surface area (Å²) in [7, 11) is 0. The predicted octanol–water partition coefficient (Wildman–Crippen LogP) is 2.98. The summed E-state index contributed by atoms with van der Waals surface area (Å²) in [6.45, 7) is 0.0182. The SMILES string of the molecule is NC(=O)[C@H]1CCCCN1C(=O)COC(=O)/C=C/c1sc2ccccc2c1Cl. The van der Waals surface area contributed by atoms with E-state index in [1.807, 2.05) is 24.3 Å². The number of carbonyl (C=O) groups is 3. The molecule has 2 heterocycles. The van der Waals surface area contributed by atoms with Gasteiger partial charge >= 0.3 is 5.97 Å². The van der Waals surface area contributed by atoms with Crippen molar-refractivity contribution in [3.8, 4) is 0 Å². The number of benzene rings is 1. The molecule has 2 aromatic rings. The number of primary amides is 1. The number of nitrogens with two attached hydrogens (primary N) is 1. The van der Waals surface area contributed by atoms with Crippen LogP contribution in [0, 0.1) is 0 Å². The number of hydrogen-bond donors (Lipinski definition) is 1. The molecule has 0 saturated carbocycles. The molecule has 2 amide bonds. The number of esters is 1. The monoisotopic (exact) mass is 406 g/mol. The minimum atomic E-state index is -0.649. The first-order valence-corrected chi connectivity index (χ1v) is 9.77. The second-order valence-corrected chi connectivity index (χ2v) is 7.68. The van der Waals surface area contributed by atoms with E-state index in [2.05, 4.69) is 0 Å².